The Morgan fingerprint density at radius 3 is 2.43 bits per heavy atom. The van der Waals surface area contributed by atoms with Gasteiger partial charge in [0, 0.05) is 22.8 Å². The van der Waals surface area contributed by atoms with E-state index in [1.807, 2.05) is 62.5 Å². The molecule has 1 aromatic heterocycles. The standard InChI is InChI=1S/C23H27N2O3PS/c1-4-29(27,5-2)28-16(3)17-8-10-18(11-9-17)23(26)25-21-15-19(12-13-20(21)24)22-7-6-14-30-22/h6-16H,4-5,24H2,1-3H3,(H,25,26). The van der Waals surface area contributed by atoms with Crippen LogP contribution in [0.1, 0.15) is 42.8 Å². The molecule has 2 aromatic carbocycles. The summed E-state index contributed by atoms with van der Waals surface area (Å²) in [6.07, 6.45) is 0.728. The van der Waals surface area contributed by atoms with Crippen LogP contribution < -0.4 is 11.1 Å². The van der Waals surface area contributed by atoms with Gasteiger partial charge in [0.1, 0.15) is 0 Å². The highest BCUT2D eigenvalue weighted by Crippen LogP contribution is 2.49. The monoisotopic (exact) mass is 442 g/mol. The molecule has 3 rings (SSSR count). The second-order valence-corrected chi connectivity index (χ2v) is 11.1. The number of hydrogen-bond acceptors (Lipinski definition) is 5. The van der Waals surface area contributed by atoms with E-state index in [0.717, 1.165) is 16.0 Å². The summed E-state index contributed by atoms with van der Waals surface area (Å²) >= 11 is 1.63. The maximum atomic E-state index is 12.7. The zero-order chi connectivity index (χ0) is 21.7. The number of hydrogen-bond donors (Lipinski definition) is 2. The molecule has 5 nitrogen and oxygen atoms in total. The van der Waals surface area contributed by atoms with Crippen molar-refractivity contribution < 1.29 is 13.9 Å². The van der Waals surface area contributed by atoms with Gasteiger partial charge in [0.15, 0.2) is 0 Å². The highest BCUT2D eigenvalue weighted by Gasteiger charge is 2.22. The summed E-state index contributed by atoms with van der Waals surface area (Å²) in [6, 6.07) is 16.8. The topological polar surface area (TPSA) is 81.4 Å². The maximum absolute atomic E-state index is 12.7. The fraction of sp³-hybridized carbons (Fsp3) is 0.261. The lowest BCUT2D eigenvalue weighted by Crippen LogP contribution is -2.13. The van der Waals surface area contributed by atoms with Gasteiger partial charge >= 0.3 is 0 Å². The van der Waals surface area contributed by atoms with Gasteiger partial charge in [0.2, 0.25) is 7.37 Å². The van der Waals surface area contributed by atoms with Crippen LogP contribution >= 0.6 is 18.7 Å². The SMILES string of the molecule is CCP(=O)(CC)OC(C)c1ccc(C(=O)Nc2cc(-c3cccs3)ccc2N)cc1. The summed E-state index contributed by atoms with van der Waals surface area (Å²) in [4.78, 5) is 13.8. The number of rotatable bonds is 8. The minimum absolute atomic E-state index is 0.238. The average molecular weight is 443 g/mol. The summed E-state index contributed by atoms with van der Waals surface area (Å²) in [6.45, 7) is 5.64. The first-order chi connectivity index (χ1) is 14.3. The first-order valence-electron chi connectivity index (χ1n) is 9.96. The molecular formula is C23H27N2O3PS. The zero-order valence-corrected chi connectivity index (χ0v) is 19.1. The third-order valence-corrected chi connectivity index (χ3v) is 8.61. The second kappa shape index (κ2) is 9.61. The summed E-state index contributed by atoms with van der Waals surface area (Å²) in [7, 11) is -2.60. The third kappa shape index (κ3) is 5.20. The molecule has 1 unspecified atom stereocenters. The number of anilines is 2. The molecule has 0 saturated carbocycles. The van der Waals surface area contributed by atoms with Crippen LogP contribution in [-0.4, -0.2) is 18.2 Å². The van der Waals surface area contributed by atoms with E-state index in [4.69, 9.17) is 10.3 Å². The van der Waals surface area contributed by atoms with Crippen molar-refractivity contribution in [3.8, 4) is 10.4 Å². The molecule has 0 aliphatic rings. The Hall–Kier alpha value is -2.40. The molecule has 158 valence electrons. The van der Waals surface area contributed by atoms with E-state index in [0.29, 0.717) is 29.3 Å². The molecule has 0 saturated heterocycles. The molecule has 7 heteroatoms. The Labute approximate surface area is 181 Å². The van der Waals surface area contributed by atoms with Crippen molar-refractivity contribution in [2.24, 2.45) is 0 Å². The first-order valence-corrected chi connectivity index (χ1v) is 12.8. The first kappa shape index (κ1) is 22.3. The number of thiophene rings is 1. The van der Waals surface area contributed by atoms with E-state index in [1.54, 1.807) is 29.5 Å². The van der Waals surface area contributed by atoms with E-state index in [-0.39, 0.29) is 12.0 Å². The van der Waals surface area contributed by atoms with E-state index >= 15 is 0 Å². The fourth-order valence-electron chi connectivity index (χ4n) is 3.08. The van der Waals surface area contributed by atoms with Crippen molar-refractivity contribution in [2.75, 3.05) is 23.4 Å². The van der Waals surface area contributed by atoms with Crippen LogP contribution in [0.15, 0.2) is 60.0 Å². The fourth-order valence-corrected chi connectivity index (χ4v) is 5.25. The lowest BCUT2D eigenvalue weighted by Gasteiger charge is -2.21. The maximum Gasteiger partial charge on any atom is 0.255 e. The van der Waals surface area contributed by atoms with E-state index in [1.165, 1.54) is 0 Å². The van der Waals surface area contributed by atoms with Gasteiger partial charge in [-0.05, 0) is 53.8 Å². The second-order valence-electron chi connectivity index (χ2n) is 7.05. The van der Waals surface area contributed by atoms with Crippen molar-refractivity contribution in [3.05, 3.63) is 71.1 Å². The van der Waals surface area contributed by atoms with Crippen LogP contribution in [-0.2, 0) is 9.09 Å². The van der Waals surface area contributed by atoms with Crippen LogP contribution in [0.5, 0.6) is 0 Å². The predicted molar refractivity (Wildman–Crippen MR) is 127 cm³/mol. The molecule has 30 heavy (non-hydrogen) atoms. The highest BCUT2D eigenvalue weighted by molar-refractivity contribution is 7.58. The van der Waals surface area contributed by atoms with Crippen molar-refractivity contribution in [3.63, 3.8) is 0 Å². The molecule has 0 fully saturated rings. The van der Waals surface area contributed by atoms with Gasteiger partial charge in [-0.2, -0.15) is 0 Å². The molecule has 3 N–H and O–H groups in total. The van der Waals surface area contributed by atoms with Crippen LogP contribution in [0, 0.1) is 0 Å². The lowest BCUT2D eigenvalue weighted by atomic mass is 10.1. The molecule has 0 spiro atoms. The normalized spacial score (nSPS) is 12.5. The summed E-state index contributed by atoms with van der Waals surface area (Å²) in [5.74, 6) is -0.238. The molecule has 0 aliphatic carbocycles. The number of benzene rings is 2. The highest BCUT2D eigenvalue weighted by atomic mass is 32.1. The van der Waals surface area contributed by atoms with Crippen LogP contribution in [0.25, 0.3) is 10.4 Å². The van der Waals surface area contributed by atoms with E-state index in [9.17, 15) is 9.36 Å². The predicted octanol–water partition coefficient (Wildman–Crippen LogP) is 6.65. The number of carbonyl (C=O) groups excluding carboxylic acids is 1. The molecule has 1 heterocycles. The van der Waals surface area contributed by atoms with E-state index < -0.39 is 7.37 Å². The summed E-state index contributed by atoms with van der Waals surface area (Å²) in [5, 5.41) is 4.91. The summed E-state index contributed by atoms with van der Waals surface area (Å²) in [5.41, 5.74) is 9.56. The molecular weight excluding hydrogens is 415 g/mol. The number of amides is 1. The Balaban J connectivity index is 1.72. The minimum atomic E-state index is -2.60. The molecule has 0 aliphatic heterocycles. The van der Waals surface area contributed by atoms with Crippen molar-refractivity contribution >= 4 is 36.0 Å². The Bertz CT molecular complexity index is 1040. The zero-order valence-electron chi connectivity index (χ0n) is 17.4. The average Bonchev–Trinajstić information content (AvgIpc) is 3.30. The van der Waals surface area contributed by atoms with Crippen LogP contribution in [0.3, 0.4) is 0 Å². The number of nitrogen functional groups attached to an aromatic ring is 1. The van der Waals surface area contributed by atoms with Gasteiger partial charge in [-0.25, -0.2) is 0 Å². The minimum Gasteiger partial charge on any atom is -0.397 e. The Morgan fingerprint density at radius 1 is 1.13 bits per heavy atom. The number of nitrogens with two attached hydrogens (primary N) is 1. The smallest absolute Gasteiger partial charge is 0.255 e. The van der Waals surface area contributed by atoms with Crippen LogP contribution in [0.4, 0.5) is 11.4 Å². The van der Waals surface area contributed by atoms with Gasteiger partial charge in [-0.3, -0.25) is 9.36 Å². The largest absolute Gasteiger partial charge is 0.397 e. The molecule has 0 radical (unpaired) electrons. The van der Waals surface area contributed by atoms with Gasteiger partial charge in [-0.1, -0.05) is 38.1 Å². The van der Waals surface area contributed by atoms with Gasteiger partial charge in [-0.15, -0.1) is 11.3 Å². The molecule has 1 atom stereocenters. The summed E-state index contributed by atoms with van der Waals surface area (Å²) < 4.78 is 18.4. The molecule has 0 bridgehead atoms. The number of nitrogens with one attached hydrogen (secondary N) is 1. The Kier molecular flexibility index (Phi) is 7.14. The van der Waals surface area contributed by atoms with Gasteiger partial charge in [0.25, 0.3) is 5.91 Å². The molecule has 3 aromatic rings. The quantitative estimate of drug-likeness (QED) is 0.302. The van der Waals surface area contributed by atoms with Crippen molar-refractivity contribution in [1.82, 2.24) is 0 Å². The molecule has 1 amide bonds. The van der Waals surface area contributed by atoms with E-state index in [2.05, 4.69) is 5.32 Å². The van der Waals surface area contributed by atoms with Crippen molar-refractivity contribution in [2.45, 2.75) is 26.9 Å². The van der Waals surface area contributed by atoms with Gasteiger partial charge in [0.05, 0.1) is 17.5 Å². The van der Waals surface area contributed by atoms with Crippen LogP contribution in [0.2, 0.25) is 0 Å². The van der Waals surface area contributed by atoms with Gasteiger partial charge < -0.3 is 15.6 Å². The van der Waals surface area contributed by atoms with Crippen molar-refractivity contribution in [1.29, 1.82) is 0 Å². The Morgan fingerprint density at radius 2 is 1.83 bits per heavy atom. The number of carbonyl (C=O) groups is 1. The third-order valence-electron chi connectivity index (χ3n) is 5.06. The lowest BCUT2D eigenvalue weighted by molar-refractivity contribution is 0.102.